The molecule has 1 aliphatic carbocycles. The minimum atomic E-state index is -0.540. The van der Waals surface area contributed by atoms with Crippen LogP contribution in [0, 0.1) is 11.8 Å². The number of piperidine rings is 1. The summed E-state index contributed by atoms with van der Waals surface area (Å²) >= 11 is 0. The minimum absolute atomic E-state index is 0.0239. The first-order valence-electron chi connectivity index (χ1n) is 9.71. The lowest BCUT2D eigenvalue weighted by atomic mass is 9.71. The van der Waals surface area contributed by atoms with Crippen LogP contribution in [0.1, 0.15) is 25.7 Å². The normalized spacial score (nSPS) is 27.2. The Labute approximate surface area is 162 Å². The molecule has 0 spiro atoms. The lowest BCUT2D eigenvalue weighted by Gasteiger charge is -2.43. The smallest absolute Gasteiger partial charge is 0.408 e. The first-order chi connectivity index (χ1) is 13.5. The average Bonchev–Trinajstić information content (AvgIpc) is 2.97. The van der Waals surface area contributed by atoms with E-state index < -0.39 is 5.76 Å². The van der Waals surface area contributed by atoms with Crippen LogP contribution in [0.25, 0.3) is 11.1 Å². The summed E-state index contributed by atoms with van der Waals surface area (Å²) in [4.78, 5) is 36.6. The molecule has 8 heteroatoms. The van der Waals surface area contributed by atoms with Crippen LogP contribution in [0.3, 0.4) is 0 Å². The molecule has 4 atom stereocenters. The van der Waals surface area contributed by atoms with E-state index in [0.29, 0.717) is 36.5 Å². The van der Waals surface area contributed by atoms with Crippen LogP contribution in [-0.4, -0.2) is 42.2 Å². The van der Waals surface area contributed by atoms with Crippen LogP contribution in [0.4, 0.5) is 0 Å². The summed E-state index contributed by atoms with van der Waals surface area (Å²) in [5.74, 6) is -0.108. The molecule has 2 amide bonds. The second-order valence-corrected chi connectivity index (χ2v) is 7.76. The number of oxazole rings is 1. The monoisotopic (exact) mass is 387 g/mol. The fraction of sp³-hybridized carbons (Fsp3) is 0.550. The number of methoxy groups -OCH3 is 1. The number of nitrogens with zero attached hydrogens (tertiary/aromatic N) is 1. The average molecular weight is 387 g/mol. The van der Waals surface area contributed by atoms with Gasteiger partial charge in [-0.25, -0.2) is 4.79 Å². The summed E-state index contributed by atoms with van der Waals surface area (Å²) in [6, 6.07) is 7.07. The number of hydrogen-bond donors (Lipinski definition) is 2. The van der Waals surface area contributed by atoms with Crippen molar-refractivity contribution in [1.82, 2.24) is 15.2 Å². The van der Waals surface area contributed by atoms with Gasteiger partial charge < -0.3 is 19.8 Å². The van der Waals surface area contributed by atoms with Gasteiger partial charge in [0, 0.05) is 32.2 Å². The van der Waals surface area contributed by atoms with Crippen molar-refractivity contribution in [2.24, 2.45) is 11.8 Å². The Morgan fingerprint density at radius 2 is 2.14 bits per heavy atom. The summed E-state index contributed by atoms with van der Waals surface area (Å²) in [6.45, 7) is 0.501. The minimum Gasteiger partial charge on any atom is -0.408 e. The third-order valence-electron chi connectivity index (χ3n) is 5.92. The zero-order valence-electron chi connectivity index (χ0n) is 15.8. The first kappa shape index (κ1) is 18.7. The molecule has 150 valence electrons. The number of rotatable bonds is 5. The topological polar surface area (TPSA) is 103 Å². The molecule has 28 heavy (non-hydrogen) atoms. The van der Waals surface area contributed by atoms with Gasteiger partial charge in [-0.1, -0.05) is 12.1 Å². The molecule has 1 aliphatic heterocycles. The van der Waals surface area contributed by atoms with Crippen molar-refractivity contribution in [2.75, 3.05) is 13.7 Å². The number of carbonyl (C=O) groups excluding carboxylic acids is 2. The molecule has 1 saturated carbocycles. The molecule has 2 fully saturated rings. The molecular weight excluding hydrogens is 362 g/mol. The fourth-order valence-electron chi connectivity index (χ4n) is 4.69. The molecule has 2 N–H and O–H groups in total. The number of fused-ring (bicyclic) bond motifs is 2. The number of amides is 2. The standard InChI is InChI=1S/C20H25N3O5/c1-27-11-12-8-18(24)22-15-9-13(6-7-14(12)15)21-19(25)10-23-16-4-2-3-5-17(16)28-20(23)26/h2-5,12-15H,6-11H2,1H3,(H,21,25)(H,22,24). The molecule has 4 unspecified atom stereocenters. The largest absolute Gasteiger partial charge is 0.420 e. The number of benzene rings is 1. The maximum atomic E-state index is 12.5. The third-order valence-corrected chi connectivity index (χ3v) is 5.92. The molecule has 8 nitrogen and oxygen atoms in total. The molecule has 0 radical (unpaired) electrons. The van der Waals surface area contributed by atoms with Gasteiger partial charge in [0.05, 0.1) is 5.52 Å². The summed E-state index contributed by atoms with van der Waals surface area (Å²) in [6.07, 6.45) is 2.98. The second kappa shape index (κ2) is 7.79. The molecule has 1 aromatic carbocycles. The van der Waals surface area contributed by atoms with E-state index >= 15 is 0 Å². The van der Waals surface area contributed by atoms with Gasteiger partial charge in [0.25, 0.3) is 0 Å². The second-order valence-electron chi connectivity index (χ2n) is 7.76. The van der Waals surface area contributed by atoms with Crippen molar-refractivity contribution in [2.45, 2.75) is 44.3 Å². The zero-order chi connectivity index (χ0) is 19.7. The van der Waals surface area contributed by atoms with Crippen molar-refractivity contribution < 1.29 is 18.7 Å². The summed E-state index contributed by atoms with van der Waals surface area (Å²) < 4.78 is 11.8. The van der Waals surface area contributed by atoms with Crippen molar-refractivity contribution in [3.8, 4) is 0 Å². The lowest BCUT2D eigenvalue weighted by Crippen LogP contribution is -2.56. The maximum absolute atomic E-state index is 12.5. The summed E-state index contributed by atoms with van der Waals surface area (Å²) in [5, 5.41) is 6.09. The number of hydrogen-bond acceptors (Lipinski definition) is 5. The van der Waals surface area contributed by atoms with Gasteiger partial charge in [0.1, 0.15) is 6.54 Å². The highest BCUT2D eigenvalue weighted by molar-refractivity contribution is 5.80. The highest BCUT2D eigenvalue weighted by Gasteiger charge is 2.40. The van der Waals surface area contributed by atoms with E-state index in [4.69, 9.17) is 9.15 Å². The Kier molecular flexibility index (Phi) is 5.21. The van der Waals surface area contributed by atoms with Gasteiger partial charge in [-0.2, -0.15) is 0 Å². The molecule has 2 aromatic rings. The van der Waals surface area contributed by atoms with Crippen LogP contribution in [0.2, 0.25) is 0 Å². The van der Waals surface area contributed by atoms with E-state index in [1.54, 1.807) is 31.4 Å². The van der Waals surface area contributed by atoms with E-state index in [2.05, 4.69) is 10.6 Å². The maximum Gasteiger partial charge on any atom is 0.420 e. The van der Waals surface area contributed by atoms with Crippen molar-refractivity contribution in [1.29, 1.82) is 0 Å². The predicted octanol–water partition coefficient (Wildman–Crippen LogP) is 1.03. The number of ether oxygens (including phenoxy) is 1. The molecule has 0 bridgehead atoms. The van der Waals surface area contributed by atoms with E-state index in [1.807, 2.05) is 0 Å². The van der Waals surface area contributed by atoms with Gasteiger partial charge in [0.15, 0.2) is 5.58 Å². The summed E-state index contributed by atoms with van der Waals surface area (Å²) in [5.41, 5.74) is 1.07. The van der Waals surface area contributed by atoms with Crippen LogP contribution >= 0.6 is 0 Å². The molecule has 2 aliphatic rings. The predicted molar refractivity (Wildman–Crippen MR) is 102 cm³/mol. The highest BCUT2D eigenvalue weighted by Crippen LogP contribution is 2.35. The Balaban J connectivity index is 1.40. The number of carbonyl (C=O) groups is 2. The van der Waals surface area contributed by atoms with E-state index in [9.17, 15) is 14.4 Å². The van der Waals surface area contributed by atoms with Crippen LogP contribution in [0.5, 0.6) is 0 Å². The summed E-state index contributed by atoms with van der Waals surface area (Å²) in [7, 11) is 1.66. The zero-order valence-corrected chi connectivity index (χ0v) is 15.8. The molecule has 2 heterocycles. The molecule has 1 saturated heterocycles. The quantitative estimate of drug-likeness (QED) is 0.798. The highest BCUT2D eigenvalue weighted by atomic mass is 16.5. The Morgan fingerprint density at radius 1 is 1.32 bits per heavy atom. The van der Waals surface area contributed by atoms with Crippen molar-refractivity contribution in [3.63, 3.8) is 0 Å². The van der Waals surface area contributed by atoms with Gasteiger partial charge in [-0.3, -0.25) is 14.2 Å². The fourth-order valence-corrected chi connectivity index (χ4v) is 4.69. The van der Waals surface area contributed by atoms with Crippen LogP contribution in [0.15, 0.2) is 33.5 Å². The van der Waals surface area contributed by atoms with Gasteiger partial charge in [-0.05, 0) is 43.2 Å². The molecule has 4 rings (SSSR count). The Hall–Kier alpha value is -2.61. The first-order valence-corrected chi connectivity index (χ1v) is 9.71. The van der Waals surface area contributed by atoms with Gasteiger partial charge in [0.2, 0.25) is 11.8 Å². The van der Waals surface area contributed by atoms with Crippen LogP contribution in [-0.2, 0) is 20.9 Å². The number of nitrogens with one attached hydrogen (secondary N) is 2. The lowest BCUT2D eigenvalue weighted by molar-refractivity contribution is -0.128. The van der Waals surface area contributed by atoms with Crippen molar-refractivity contribution in [3.05, 3.63) is 34.8 Å². The van der Waals surface area contributed by atoms with E-state index in [0.717, 1.165) is 12.8 Å². The van der Waals surface area contributed by atoms with Gasteiger partial charge >= 0.3 is 5.76 Å². The van der Waals surface area contributed by atoms with Crippen molar-refractivity contribution >= 4 is 22.9 Å². The Bertz CT molecular complexity index is 933. The van der Waals surface area contributed by atoms with Gasteiger partial charge in [-0.15, -0.1) is 0 Å². The molecule has 1 aromatic heterocycles. The molecular formula is C20H25N3O5. The Morgan fingerprint density at radius 3 is 2.96 bits per heavy atom. The SMILES string of the molecule is COCC1CC(=O)NC2CC(NC(=O)Cn3c(=O)oc4ccccc43)CCC12. The number of aromatic nitrogens is 1. The third kappa shape index (κ3) is 3.69. The van der Waals surface area contributed by atoms with E-state index in [1.165, 1.54) is 4.57 Å². The van der Waals surface area contributed by atoms with Crippen LogP contribution < -0.4 is 16.4 Å². The number of para-hydroxylation sites is 2. The van der Waals surface area contributed by atoms with E-state index in [-0.39, 0.29) is 36.4 Å².